The first kappa shape index (κ1) is 24.5. The number of para-hydroxylation sites is 1. The van der Waals surface area contributed by atoms with Crippen molar-refractivity contribution in [1.29, 1.82) is 0 Å². The number of hydrogen-bond donors (Lipinski definition) is 2. The van der Waals surface area contributed by atoms with Gasteiger partial charge in [0.15, 0.2) is 5.96 Å². The SMILES string of the molecule is CN=C(NCCc1c(C)noc1C)NCC(c1ccccc1OC)N1CCCC1.I. The second kappa shape index (κ2) is 12.1. The number of hydrogen-bond acceptors (Lipinski definition) is 5. The summed E-state index contributed by atoms with van der Waals surface area (Å²) in [5.41, 5.74) is 3.34. The summed E-state index contributed by atoms with van der Waals surface area (Å²) in [6, 6.07) is 8.55. The molecule has 2 N–H and O–H groups in total. The van der Waals surface area contributed by atoms with E-state index in [4.69, 9.17) is 9.26 Å². The maximum Gasteiger partial charge on any atom is 0.191 e. The zero-order valence-corrected chi connectivity index (χ0v) is 20.7. The second-order valence-corrected chi connectivity index (χ2v) is 7.43. The average molecular weight is 527 g/mol. The highest BCUT2D eigenvalue weighted by Gasteiger charge is 2.26. The van der Waals surface area contributed by atoms with Gasteiger partial charge < -0.3 is 19.9 Å². The van der Waals surface area contributed by atoms with Gasteiger partial charge in [-0.15, -0.1) is 24.0 Å². The minimum atomic E-state index is 0. The Kier molecular flexibility index (Phi) is 9.90. The first-order chi connectivity index (χ1) is 14.1. The smallest absolute Gasteiger partial charge is 0.191 e. The predicted octanol–water partition coefficient (Wildman–Crippen LogP) is 3.46. The minimum absolute atomic E-state index is 0. The lowest BCUT2D eigenvalue weighted by atomic mass is 10.0. The van der Waals surface area contributed by atoms with Crippen LogP contribution in [0.3, 0.4) is 0 Å². The molecule has 1 unspecified atom stereocenters. The molecular weight excluding hydrogens is 493 g/mol. The van der Waals surface area contributed by atoms with Crippen LogP contribution in [0.1, 0.15) is 41.5 Å². The van der Waals surface area contributed by atoms with Crippen LogP contribution in [-0.4, -0.2) is 56.4 Å². The largest absolute Gasteiger partial charge is 0.496 e. The third-order valence-corrected chi connectivity index (χ3v) is 5.61. The van der Waals surface area contributed by atoms with Crippen LogP contribution in [0.25, 0.3) is 0 Å². The summed E-state index contributed by atoms with van der Waals surface area (Å²) in [5, 5.41) is 10.9. The molecule has 2 aromatic rings. The number of nitrogens with zero attached hydrogens (tertiary/aromatic N) is 3. The number of methoxy groups -OCH3 is 1. The predicted molar refractivity (Wildman–Crippen MR) is 131 cm³/mol. The van der Waals surface area contributed by atoms with Gasteiger partial charge >= 0.3 is 0 Å². The number of guanidine groups is 1. The van der Waals surface area contributed by atoms with Gasteiger partial charge in [0.1, 0.15) is 11.5 Å². The van der Waals surface area contributed by atoms with Crippen molar-refractivity contribution in [3.8, 4) is 5.75 Å². The molecule has 1 fully saturated rings. The van der Waals surface area contributed by atoms with Crippen molar-refractivity contribution in [3.05, 3.63) is 46.8 Å². The fourth-order valence-electron chi connectivity index (χ4n) is 4.01. The Morgan fingerprint density at radius 1 is 1.23 bits per heavy atom. The molecule has 0 radical (unpaired) electrons. The number of rotatable bonds is 8. The molecule has 166 valence electrons. The average Bonchev–Trinajstić information content (AvgIpc) is 3.38. The number of aliphatic imine (C=N–C) groups is 1. The molecular formula is C22H34IN5O2. The quantitative estimate of drug-likeness (QED) is 0.311. The summed E-state index contributed by atoms with van der Waals surface area (Å²) in [7, 11) is 3.54. The van der Waals surface area contributed by atoms with Crippen molar-refractivity contribution < 1.29 is 9.26 Å². The minimum Gasteiger partial charge on any atom is -0.496 e. The molecule has 0 bridgehead atoms. The Morgan fingerprint density at radius 3 is 2.60 bits per heavy atom. The number of nitrogens with one attached hydrogen (secondary N) is 2. The summed E-state index contributed by atoms with van der Waals surface area (Å²) in [6.45, 7) is 7.70. The molecule has 0 saturated carbocycles. The summed E-state index contributed by atoms with van der Waals surface area (Å²) >= 11 is 0. The van der Waals surface area contributed by atoms with E-state index < -0.39 is 0 Å². The first-order valence-corrected chi connectivity index (χ1v) is 10.4. The van der Waals surface area contributed by atoms with E-state index in [0.717, 1.165) is 61.3 Å². The molecule has 2 heterocycles. The lowest BCUT2D eigenvalue weighted by molar-refractivity contribution is 0.239. The molecule has 0 aliphatic carbocycles. The van der Waals surface area contributed by atoms with Crippen LogP contribution in [0.2, 0.25) is 0 Å². The van der Waals surface area contributed by atoms with E-state index >= 15 is 0 Å². The summed E-state index contributed by atoms with van der Waals surface area (Å²) in [4.78, 5) is 6.92. The van der Waals surface area contributed by atoms with E-state index in [-0.39, 0.29) is 30.0 Å². The Hall–Kier alpha value is -1.81. The number of halogens is 1. The summed E-state index contributed by atoms with van der Waals surface area (Å²) in [5.74, 6) is 2.63. The third kappa shape index (κ3) is 6.10. The molecule has 1 aliphatic rings. The fourth-order valence-corrected chi connectivity index (χ4v) is 4.01. The maximum atomic E-state index is 5.63. The number of aromatic nitrogens is 1. The van der Waals surface area contributed by atoms with Crippen LogP contribution in [-0.2, 0) is 6.42 Å². The zero-order valence-electron chi connectivity index (χ0n) is 18.4. The molecule has 1 atom stereocenters. The maximum absolute atomic E-state index is 5.63. The van der Waals surface area contributed by atoms with Gasteiger partial charge in [0.25, 0.3) is 0 Å². The van der Waals surface area contributed by atoms with Crippen LogP contribution in [0.4, 0.5) is 0 Å². The number of ether oxygens (including phenoxy) is 1. The van der Waals surface area contributed by atoms with Gasteiger partial charge in [0.2, 0.25) is 0 Å². The van der Waals surface area contributed by atoms with Gasteiger partial charge in [-0.1, -0.05) is 23.4 Å². The summed E-state index contributed by atoms with van der Waals surface area (Å²) < 4.78 is 10.9. The normalized spacial score (nSPS) is 15.5. The van der Waals surface area contributed by atoms with Crippen molar-refractivity contribution in [2.45, 2.75) is 39.2 Å². The Balaban J connectivity index is 0.00000320. The number of likely N-dealkylation sites (tertiary alicyclic amines) is 1. The highest BCUT2D eigenvalue weighted by atomic mass is 127. The topological polar surface area (TPSA) is 74.9 Å². The van der Waals surface area contributed by atoms with Gasteiger partial charge in [0, 0.05) is 31.3 Å². The third-order valence-electron chi connectivity index (χ3n) is 5.61. The molecule has 0 spiro atoms. The van der Waals surface area contributed by atoms with E-state index in [2.05, 4.69) is 37.8 Å². The van der Waals surface area contributed by atoms with Crippen LogP contribution >= 0.6 is 24.0 Å². The molecule has 1 aliphatic heterocycles. The molecule has 3 rings (SSSR count). The van der Waals surface area contributed by atoms with Crippen LogP contribution in [0.15, 0.2) is 33.8 Å². The molecule has 1 aromatic heterocycles. The van der Waals surface area contributed by atoms with Gasteiger partial charge in [-0.25, -0.2) is 0 Å². The van der Waals surface area contributed by atoms with E-state index in [1.165, 1.54) is 18.4 Å². The Labute approximate surface area is 196 Å². The van der Waals surface area contributed by atoms with E-state index in [1.54, 1.807) is 14.2 Å². The van der Waals surface area contributed by atoms with E-state index in [0.29, 0.717) is 0 Å². The Bertz CT molecular complexity index is 798. The fraction of sp³-hybridized carbons (Fsp3) is 0.545. The second-order valence-electron chi connectivity index (χ2n) is 7.43. The standard InChI is InChI=1S/C22H33N5O2.HI/c1-16-18(17(2)29-26-16)11-12-24-22(23-3)25-15-20(27-13-7-8-14-27)19-9-5-6-10-21(19)28-4;/h5-6,9-10,20H,7-8,11-15H2,1-4H3,(H2,23,24,25);1H. The molecule has 0 amide bonds. The van der Waals surface area contributed by atoms with E-state index in [9.17, 15) is 0 Å². The van der Waals surface area contributed by atoms with Crippen molar-refractivity contribution in [1.82, 2.24) is 20.7 Å². The number of aryl methyl sites for hydroxylation is 2. The molecule has 8 heteroatoms. The van der Waals surface area contributed by atoms with Gasteiger partial charge in [-0.3, -0.25) is 9.89 Å². The van der Waals surface area contributed by atoms with Gasteiger partial charge in [-0.05, 0) is 52.3 Å². The van der Waals surface area contributed by atoms with Gasteiger partial charge in [0.05, 0.1) is 18.8 Å². The van der Waals surface area contributed by atoms with Crippen LogP contribution in [0, 0.1) is 13.8 Å². The molecule has 1 aromatic carbocycles. The number of benzene rings is 1. The van der Waals surface area contributed by atoms with Crippen molar-refractivity contribution in [3.63, 3.8) is 0 Å². The summed E-state index contributed by atoms with van der Waals surface area (Å²) in [6.07, 6.45) is 3.34. The highest BCUT2D eigenvalue weighted by Crippen LogP contribution is 2.31. The van der Waals surface area contributed by atoms with Crippen LogP contribution in [0.5, 0.6) is 5.75 Å². The highest BCUT2D eigenvalue weighted by molar-refractivity contribution is 14.0. The monoisotopic (exact) mass is 527 g/mol. The van der Waals surface area contributed by atoms with E-state index in [1.807, 2.05) is 26.0 Å². The molecule has 1 saturated heterocycles. The lowest BCUT2D eigenvalue weighted by Crippen LogP contribution is -2.43. The lowest BCUT2D eigenvalue weighted by Gasteiger charge is -2.30. The van der Waals surface area contributed by atoms with Gasteiger partial charge in [-0.2, -0.15) is 0 Å². The van der Waals surface area contributed by atoms with Crippen molar-refractivity contribution in [2.24, 2.45) is 4.99 Å². The van der Waals surface area contributed by atoms with Crippen molar-refractivity contribution >= 4 is 29.9 Å². The zero-order chi connectivity index (χ0) is 20.6. The van der Waals surface area contributed by atoms with Crippen molar-refractivity contribution in [2.75, 3.05) is 40.3 Å². The van der Waals surface area contributed by atoms with Crippen LogP contribution < -0.4 is 15.4 Å². The molecule has 30 heavy (non-hydrogen) atoms. The first-order valence-electron chi connectivity index (χ1n) is 10.4. The molecule has 7 nitrogen and oxygen atoms in total. The Morgan fingerprint density at radius 2 is 1.97 bits per heavy atom.